The molecule has 2 atom stereocenters. The van der Waals surface area contributed by atoms with Gasteiger partial charge >= 0.3 is 5.97 Å². The molecule has 0 aromatic carbocycles. The molecule has 0 aliphatic heterocycles. The Morgan fingerprint density at radius 3 is 1.87 bits per heavy atom. The van der Waals surface area contributed by atoms with Crippen LogP contribution in [0, 0.1) is 0 Å². The molecule has 0 fully saturated rings. The van der Waals surface area contributed by atoms with Crippen LogP contribution in [0.1, 0.15) is 92.2 Å². The van der Waals surface area contributed by atoms with E-state index in [1.165, 1.54) is 51.9 Å². The van der Waals surface area contributed by atoms with E-state index in [1.54, 1.807) is 0 Å². The first kappa shape index (κ1) is 19.9. The second kappa shape index (κ2) is 14.5. The number of unbranched alkanes of at least 4 members (excludes halogenated alkanes) is 10. The Kier molecular flexibility index (Phi) is 12.6. The Balaban J connectivity index is 3.43. The molecule has 0 spiro atoms. The van der Waals surface area contributed by atoms with Crippen molar-refractivity contribution >= 4 is 11.9 Å². The topological polar surface area (TPSA) is 86.6 Å². The van der Waals surface area contributed by atoms with E-state index in [9.17, 15) is 14.7 Å². The van der Waals surface area contributed by atoms with Crippen molar-refractivity contribution in [1.82, 2.24) is 5.32 Å². The van der Waals surface area contributed by atoms with Crippen molar-refractivity contribution in [3.8, 4) is 0 Å². The lowest BCUT2D eigenvalue weighted by atomic mass is 10.1. The third-order valence-corrected chi connectivity index (χ3v) is 3.97. The number of amides is 1. The van der Waals surface area contributed by atoms with Gasteiger partial charge in [-0.25, -0.2) is 4.79 Å². The summed E-state index contributed by atoms with van der Waals surface area (Å²) < 4.78 is 7.06. The molecule has 0 saturated carbocycles. The van der Waals surface area contributed by atoms with Gasteiger partial charge in [0.1, 0.15) is 0 Å². The summed E-state index contributed by atoms with van der Waals surface area (Å²) in [5.41, 5.74) is 0. The van der Waals surface area contributed by atoms with Gasteiger partial charge in [-0.05, 0) is 13.3 Å². The van der Waals surface area contributed by atoms with Crippen LogP contribution in [-0.4, -0.2) is 34.2 Å². The minimum atomic E-state index is -1.22. The number of carbonyl (C=O) groups excluding carboxylic acids is 1. The second-order valence-corrected chi connectivity index (χ2v) is 6.26. The van der Waals surface area contributed by atoms with Crippen LogP contribution in [0.3, 0.4) is 0 Å². The summed E-state index contributed by atoms with van der Waals surface area (Å²) in [6.45, 7) is 1.91. The van der Waals surface area contributed by atoms with E-state index >= 15 is 0 Å². The molecule has 136 valence electrons. The zero-order valence-electron chi connectivity index (χ0n) is 15.6. The molecule has 0 aromatic rings. The molecule has 1 amide bonds. The van der Waals surface area contributed by atoms with Crippen molar-refractivity contribution in [2.75, 3.05) is 0 Å². The number of carboxylic acid groups (broad SMARTS) is 1. The van der Waals surface area contributed by atoms with Gasteiger partial charge in [0.15, 0.2) is 6.04 Å². The lowest BCUT2D eigenvalue weighted by Gasteiger charge is -2.16. The number of hydrogen-bond acceptors (Lipinski definition) is 3. The predicted octanol–water partition coefficient (Wildman–Crippen LogP) is 3.64. The highest BCUT2D eigenvalue weighted by atomic mass is 16.4. The van der Waals surface area contributed by atoms with Crippen LogP contribution in [0.2, 0.25) is 0 Å². The van der Waals surface area contributed by atoms with Crippen molar-refractivity contribution in [1.29, 1.82) is 0 Å². The molecule has 0 radical (unpaired) electrons. The molecule has 0 heterocycles. The molecule has 0 aliphatic carbocycles. The molecular weight excluding hydrogens is 294 g/mol. The van der Waals surface area contributed by atoms with Gasteiger partial charge in [-0.15, -0.1) is 0 Å². The largest absolute Gasteiger partial charge is 0.480 e. The lowest BCUT2D eigenvalue weighted by molar-refractivity contribution is -0.144. The van der Waals surface area contributed by atoms with Gasteiger partial charge in [0, 0.05) is 7.79 Å². The van der Waals surface area contributed by atoms with Gasteiger partial charge in [-0.1, -0.05) is 71.1 Å². The average molecular weight is 330 g/mol. The first-order valence-corrected chi connectivity index (χ1v) is 8.98. The Morgan fingerprint density at radius 1 is 0.957 bits per heavy atom. The van der Waals surface area contributed by atoms with E-state index in [4.69, 9.17) is 6.48 Å². The summed E-state index contributed by atoms with van der Waals surface area (Å²) in [5, 5.41) is 20.5. The Morgan fingerprint density at radius 2 is 1.43 bits per heavy atom. The maximum atomic E-state index is 11.6. The van der Waals surface area contributed by atoms with Gasteiger partial charge in [0.05, 0.1) is 6.10 Å². The SMILES string of the molecule is [2H]CCCCCCCCCCCCCC(=O)N[C@H](C(=O)O)[C@@H](C)O. The third kappa shape index (κ3) is 13.1. The number of aliphatic carboxylic acids is 1. The summed E-state index contributed by atoms with van der Waals surface area (Å²) in [5.74, 6) is -1.52. The van der Waals surface area contributed by atoms with Crippen LogP contribution in [0.5, 0.6) is 0 Å². The van der Waals surface area contributed by atoms with Gasteiger partial charge in [-0.3, -0.25) is 4.79 Å². The number of aliphatic hydroxyl groups excluding tert-OH is 1. The number of carbonyl (C=O) groups is 2. The molecule has 0 aromatic heterocycles. The molecule has 3 N–H and O–H groups in total. The first-order chi connectivity index (χ1) is 11.5. The average Bonchev–Trinajstić information content (AvgIpc) is 2.53. The van der Waals surface area contributed by atoms with Crippen molar-refractivity contribution in [2.45, 2.75) is 103 Å². The van der Waals surface area contributed by atoms with Crippen LogP contribution in [0.4, 0.5) is 0 Å². The van der Waals surface area contributed by atoms with E-state index in [-0.39, 0.29) is 5.91 Å². The molecular formula is C18H35NO4. The maximum absolute atomic E-state index is 11.6. The summed E-state index contributed by atoms with van der Waals surface area (Å²) in [7, 11) is 0. The number of nitrogens with one attached hydrogen (secondary N) is 1. The molecule has 23 heavy (non-hydrogen) atoms. The molecule has 0 bridgehead atoms. The van der Waals surface area contributed by atoms with Gasteiger partial charge in [0.25, 0.3) is 0 Å². The molecule has 0 saturated heterocycles. The normalized spacial score (nSPS) is 14.1. The van der Waals surface area contributed by atoms with Gasteiger partial charge in [-0.2, -0.15) is 0 Å². The minimum Gasteiger partial charge on any atom is -0.480 e. The summed E-state index contributed by atoms with van der Waals surface area (Å²) in [6.07, 6.45) is 11.7. The monoisotopic (exact) mass is 330 g/mol. The fourth-order valence-electron chi connectivity index (χ4n) is 2.51. The number of rotatable bonds is 15. The Hall–Kier alpha value is -1.10. The predicted molar refractivity (Wildman–Crippen MR) is 92.3 cm³/mol. The quantitative estimate of drug-likeness (QED) is 0.400. The highest BCUT2D eigenvalue weighted by Gasteiger charge is 2.24. The van der Waals surface area contributed by atoms with Crippen LogP contribution in [0.15, 0.2) is 0 Å². The summed E-state index contributed by atoms with van der Waals surface area (Å²) in [6, 6.07) is -1.22. The van der Waals surface area contributed by atoms with Gasteiger partial charge in [0.2, 0.25) is 5.91 Å². The number of carboxylic acids is 1. The summed E-state index contributed by atoms with van der Waals surface area (Å²) >= 11 is 0. The van der Waals surface area contributed by atoms with Crippen LogP contribution >= 0.6 is 0 Å². The van der Waals surface area contributed by atoms with E-state index in [0.29, 0.717) is 13.3 Å². The van der Waals surface area contributed by atoms with Crippen molar-refractivity contribution in [3.63, 3.8) is 0 Å². The third-order valence-electron chi connectivity index (χ3n) is 3.97. The Bertz CT molecular complexity index is 337. The first-order valence-electron chi connectivity index (χ1n) is 9.69. The van der Waals surface area contributed by atoms with Crippen LogP contribution < -0.4 is 5.32 Å². The van der Waals surface area contributed by atoms with Crippen molar-refractivity contribution < 1.29 is 21.2 Å². The van der Waals surface area contributed by atoms with Crippen molar-refractivity contribution in [2.24, 2.45) is 0 Å². The van der Waals surface area contributed by atoms with Crippen LogP contribution in [-0.2, 0) is 9.59 Å². The van der Waals surface area contributed by atoms with Crippen LogP contribution in [0.25, 0.3) is 0 Å². The minimum absolute atomic E-state index is 0.309. The molecule has 0 rings (SSSR count). The zero-order chi connectivity index (χ0) is 18.2. The molecule has 5 heteroatoms. The van der Waals surface area contributed by atoms with E-state index in [2.05, 4.69) is 5.32 Å². The highest BCUT2D eigenvalue weighted by molar-refractivity contribution is 5.83. The highest BCUT2D eigenvalue weighted by Crippen LogP contribution is 2.12. The maximum Gasteiger partial charge on any atom is 0.328 e. The van der Waals surface area contributed by atoms with E-state index in [0.717, 1.165) is 25.7 Å². The fourth-order valence-corrected chi connectivity index (χ4v) is 2.51. The Labute approximate surface area is 142 Å². The number of aliphatic hydroxyl groups is 1. The lowest BCUT2D eigenvalue weighted by Crippen LogP contribution is -2.47. The molecule has 5 nitrogen and oxygen atoms in total. The van der Waals surface area contributed by atoms with Crippen molar-refractivity contribution in [3.05, 3.63) is 0 Å². The molecule has 0 aliphatic rings. The van der Waals surface area contributed by atoms with Gasteiger partial charge < -0.3 is 15.5 Å². The standard InChI is InChI=1S/C18H35NO4/c1-3-4-5-6-7-8-9-10-11-12-13-14-16(21)19-17(15(2)20)18(22)23/h15,17,20H,3-14H2,1-2H3,(H,19,21)(H,22,23)/t15-,17+/m1/s1/i1D. The zero-order valence-corrected chi connectivity index (χ0v) is 14.6. The smallest absolute Gasteiger partial charge is 0.328 e. The fraction of sp³-hybridized carbons (Fsp3) is 0.889. The van der Waals surface area contributed by atoms with E-state index in [1.807, 2.05) is 0 Å². The molecule has 0 unspecified atom stereocenters. The van der Waals surface area contributed by atoms with E-state index < -0.39 is 18.1 Å². The summed E-state index contributed by atoms with van der Waals surface area (Å²) in [4.78, 5) is 22.5. The second-order valence-electron chi connectivity index (χ2n) is 6.26. The number of hydrogen-bond donors (Lipinski definition) is 3.